The molecular formula is C14H13N3O3. The molecule has 2 aromatic rings. The normalized spacial score (nSPS) is 10.0. The van der Waals surface area contributed by atoms with Gasteiger partial charge in [-0.15, -0.1) is 0 Å². The van der Waals surface area contributed by atoms with Gasteiger partial charge < -0.3 is 21.9 Å². The fourth-order valence-corrected chi connectivity index (χ4v) is 1.72. The highest BCUT2D eigenvalue weighted by molar-refractivity contribution is 6.10. The van der Waals surface area contributed by atoms with Gasteiger partial charge in [0, 0.05) is 5.69 Å². The minimum Gasteiger partial charge on any atom is -0.478 e. The van der Waals surface area contributed by atoms with Gasteiger partial charge in [0.15, 0.2) is 0 Å². The predicted molar refractivity (Wildman–Crippen MR) is 76.6 cm³/mol. The molecule has 0 radical (unpaired) electrons. The Balaban J connectivity index is 2.28. The van der Waals surface area contributed by atoms with E-state index in [1.54, 1.807) is 24.3 Å². The van der Waals surface area contributed by atoms with Gasteiger partial charge in [-0.05, 0) is 30.3 Å². The van der Waals surface area contributed by atoms with Crippen molar-refractivity contribution >= 4 is 28.9 Å². The van der Waals surface area contributed by atoms with Crippen LogP contribution in [-0.4, -0.2) is 17.0 Å². The van der Waals surface area contributed by atoms with Gasteiger partial charge in [0.1, 0.15) is 0 Å². The molecule has 0 saturated carbocycles. The van der Waals surface area contributed by atoms with Crippen LogP contribution in [0, 0.1) is 0 Å². The minimum absolute atomic E-state index is 0.0617. The molecule has 0 unspecified atom stereocenters. The van der Waals surface area contributed by atoms with Gasteiger partial charge in [0.05, 0.1) is 22.5 Å². The monoisotopic (exact) mass is 271 g/mol. The predicted octanol–water partition coefficient (Wildman–Crippen LogP) is 1.80. The Morgan fingerprint density at radius 1 is 0.950 bits per heavy atom. The highest BCUT2D eigenvalue weighted by Gasteiger charge is 2.15. The summed E-state index contributed by atoms with van der Waals surface area (Å²) in [6.45, 7) is 0. The standard InChI is InChI=1S/C14H13N3O3/c15-11-6-5-8(7-12(11)16)17-13(18)9-3-1-2-4-10(9)14(19)20/h1-7H,15-16H2,(H,17,18)(H,19,20). The number of nitrogens with two attached hydrogens (primary N) is 2. The maximum Gasteiger partial charge on any atom is 0.336 e. The molecule has 1 amide bonds. The van der Waals surface area contributed by atoms with Crippen LogP contribution in [0.1, 0.15) is 20.7 Å². The Labute approximate surface area is 115 Å². The molecular weight excluding hydrogens is 258 g/mol. The third-order valence-corrected chi connectivity index (χ3v) is 2.75. The fraction of sp³-hybridized carbons (Fsp3) is 0. The lowest BCUT2D eigenvalue weighted by Gasteiger charge is -2.09. The van der Waals surface area contributed by atoms with Gasteiger partial charge in [-0.3, -0.25) is 4.79 Å². The van der Waals surface area contributed by atoms with Crippen LogP contribution >= 0.6 is 0 Å². The van der Waals surface area contributed by atoms with Crippen molar-refractivity contribution in [1.29, 1.82) is 0 Å². The van der Waals surface area contributed by atoms with E-state index in [-0.39, 0.29) is 11.1 Å². The Morgan fingerprint density at radius 2 is 1.60 bits per heavy atom. The minimum atomic E-state index is -1.16. The quantitative estimate of drug-likeness (QED) is 0.635. The van der Waals surface area contributed by atoms with Crippen molar-refractivity contribution in [2.45, 2.75) is 0 Å². The zero-order valence-electron chi connectivity index (χ0n) is 10.5. The summed E-state index contributed by atoms with van der Waals surface area (Å²) < 4.78 is 0. The lowest BCUT2D eigenvalue weighted by molar-refractivity contribution is 0.0692. The van der Waals surface area contributed by atoms with E-state index in [1.165, 1.54) is 18.2 Å². The van der Waals surface area contributed by atoms with Crippen LogP contribution in [0.5, 0.6) is 0 Å². The average molecular weight is 271 g/mol. The zero-order valence-corrected chi connectivity index (χ0v) is 10.5. The maximum absolute atomic E-state index is 12.1. The van der Waals surface area contributed by atoms with E-state index in [0.29, 0.717) is 17.1 Å². The van der Waals surface area contributed by atoms with E-state index in [4.69, 9.17) is 16.6 Å². The molecule has 20 heavy (non-hydrogen) atoms. The molecule has 0 bridgehead atoms. The number of rotatable bonds is 3. The first-order valence-corrected chi connectivity index (χ1v) is 5.77. The number of nitrogen functional groups attached to an aromatic ring is 2. The van der Waals surface area contributed by atoms with E-state index >= 15 is 0 Å². The van der Waals surface area contributed by atoms with Crippen molar-refractivity contribution in [3.05, 3.63) is 53.6 Å². The number of amides is 1. The van der Waals surface area contributed by atoms with Crippen LogP contribution in [0.2, 0.25) is 0 Å². The van der Waals surface area contributed by atoms with Gasteiger partial charge in [0.2, 0.25) is 0 Å². The molecule has 6 nitrogen and oxygen atoms in total. The Hall–Kier alpha value is -3.02. The highest BCUT2D eigenvalue weighted by Crippen LogP contribution is 2.20. The van der Waals surface area contributed by atoms with Crippen molar-refractivity contribution < 1.29 is 14.7 Å². The second-order valence-electron chi connectivity index (χ2n) is 4.15. The molecule has 0 saturated heterocycles. The molecule has 6 N–H and O–H groups in total. The summed E-state index contributed by atoms with van der Waals surface area (Å²) in [6.07, 6.45) is 0. The van der Waals surface area contributed by atoms with E-state index in [1.807, 2.05) is 0 Å². The zero-order chi connectivity index (χ0) is 14.7. The number of carbonyl (C=O) groups excluding carboxylic acids is 1. The van der Waals surface area contributed by atoms with E-state index in [9.17, 15) is 9.59 Å². The topological polar surface area (TPSA) is 118 Å². The van der Waals surface area contributed by atoms with E-state index in [0.717, 1.165) is 0 Å². The van der Waals surface area contributed by atoms with Gasteiger partial charge in [-0.2, -0.15) is 0 Å². The largest absolute Gasteiger partial charge is 0.478 e. The third kappa shape index (κ3) is 2.69. The molecule has 0 fully saturated rings. The third-order valence-electron chi connectivity index (χ3n) is 2.75. The molecule has 0 aromatic heterocycles. The first-order valence-electron chi connectivity index (χ1n) is 5.77. The smallest absolute Gasteiger partial charge is 0.336 e. The molecule has 102 valence electrons. The fourth-order valence-electron chi connectivity index (χ4n) is 1.72. The number of benzene rings is 2. The summed E-state index contributed by atoms with van der Waals surface area (Å²) in [4.78, 5) is 23.1. The van der Waals surface area contributed by atoms with Crippen LogP contribution in [0.15, 0.2) is 42.5 Å². The lowest BCUT2D eigenvalue weighted by Crippen LogP contribution is -2.16. The number of anilines is 3. The second-order valence-corrected chi connectivity index (χ2v) is 4.15. The molecule has 0 atom stereocenters. The van der Waals surface area contributed by atoms with Crippen molar-refractivity contribution in [2.75, 3.05) is 16.8 Å². The van der Waals surface area contributed by atoms with Crippen molar-refractivity contribution in [2.24, 2.45) is 0 Å². The number of carbonyl (C=O) groups is 2. The number of hydrogen-bond donors (Lipinski definition) is 4. The summed E-state index contributed by atoms with van der Waals surface area (Å²) in [5, 5.41) is 11.6. The number of nitrogens with one attached hydrogen (secondary N) is 1. The first kappa shape index (κ1) is 13.4. The molecule has 0 aliphatic heterocycles. The maximum atomic E-state index is 12.1. The number of hydrogen-bond acceptors (Lipinski definition) is 4. The summed E-state index contributed by atoms with van der Waals surface area (Å²) in [6, 6.07) is 10.6. The summed E-state index contributed by atoms with van der Waals surface area (Å²) in [5.41, 5.74) is 12.4. The Kier molecular flexibility index (Phi) is 3.56. The number of carboxylic acids is 1. The number of carboxylic acid groups (broad SMARTS) is 1. The van der Waals surface area contributed by atoms with Crippen LogP contribution in [0.25, 0.3) is 0 Å². The molecule has 0 aliphatic rings. The molecule has 0 aliphatic carbocycles. The van der Waals surface area contributed by atoms with Crippen LogP contribution in [0.4, 0.5) is 17.1 Å². The van der Waals surface area contributed by atoms with Crippen molar-refractivity contribution in [3.63, 3.8) is 0 Å². The van der Waals surface area contributed by atoms with E-state index in [2.05, 4.69) is 5.32 Å². The van der Waals surface area contributed by atoms with Crippen molar-refractivity contribution in [3.8, 4) is 0 Å². The van der Waals surface area contributed by atoms with Gasteiger partial charge in [0.25, 0.3) is 5.91 Å². The summed E-state index contributed by atoms with van der Waals surface area (Å²) in [5.74, 6) is -1.68. The van der Waals surface area contributed by atoms with Crippen LogP contribution in [-0.2, 0) is 0 Å². The molecule has 2 rings (SSSR count). The van der Waals surface area contributed by atoms with Crippen LogP contribution in [0.3, 0.4) is 0 Å². The van der Waals surface area contributed by atoms with Crippen LogP contribution < -0.4 is 16.8 Å². The molecule has 2 aromatic carbocycles. The molecule has 0 heterocycles. The average Bonchev–Trinajstić information content (AvgIpc) is 2.43. The second kappa shape index (κ2) is 5.31. The Morgan fingerprint density at radius 3 is 2.20 bits per heavy atom. The lowest BCUT2D eigenvalue weighted by atomic mass is 10.1. The van der Waals surface area contributed by atoms with Gasteiger partial charge >= 0.3 is 5.97 Å². The highest BCUT2D eigenvalue weighted by atomic mass is 16.4. The summed E-state index contributed by atoms with van der Waals surface area (Å²) >= 11 is 0. The number of aromatic carboxylic acids is 1. The summed E-state index contributed by atoms with van der Waals surface area (Å²) in [7, 11) is 0. The van der Waals surface area contributed by atoms with Crippen molar-refractivity contribution in [1.82, 2.24) is 0 Å². The molecule has 0 spiro atoms. The SMILES string of the molecule is Nc1ccc(NC(=O)c2ccccc2C(=O)O)cc1N. The first-order chi connectivity index (χ1) is 9.49. The molecule has 6 heteroatoms. The van der Waals surface area contributed by atoms with Gasteiger partial charge in [-0.1, -0.05) is 12.1 Å². The van der Waals surface area contributed by atoms with E-state index < -0.39 is 11.9 Å². The van der Waals surface area contributed by atoms with Gasteiger partial charge in [-0.25, -0.2) is 4.79 Å². The Bertz CT molecular complexity index is 683.